The average molecular weight is 541 g/mol. The van der Waals surface area contributed by atoms with Gasteiger partial charge in [-0.25, -0.2) is 24.1 Å². The van der Waals surface area contributed by atoms with E-state index in [1.54, 1.807) is 6.20 Å². The zero-order chi connectivity index (χ0) is 28.2. The molecular weight excluding hydrogens is 522 g/mol. The summed E-state index contributed by atoms with van der Waals surface area (Å²) < 4.78 is 48.0. The molecular formula is C24H19F4N9O2. The van der Waals surface area contributed by atoms with Crippen LogP contribution in [0.4, 0.5) is 23.4 Å². The fraction of sp³-hybridized carbons (Fsp3) is 0.292. The van der Waals surface area contributed by atoms with Crippen molar-refractivity contribution in [3.63, 3.8) is 0 Å². The van der Waals surface area contributed by atoms with Crippen LogP contribution in [0.15, 0.2) is 43.2 Å². The molecule has 2 N–H and O–H groups in total. The minimum atomic E-state index is -5.08. The number of fused-ring (bicyclic) bond motifs is 1. The van der Waals surface area contributed by atoms with Gasteiger partial charge in [-0.3, -0.25) is 4.68 Å². The first kappa shape index (κ1) is 27.0. The summed E-state index contributed by atoms with van der Waals surface area (Å²) >= 11 is 0. The van der Waals surface area contributed by atoms with Gasteiger partial charge in [-0.2, -0.15) is 28.8 Å². The number of halogens is 4. The molecule has 1 fully saturated rings. The Morgan fingerprint density at radius 1 is 1.26 bits per heavy atom. The minimum absolute atomic E-state index is 0.0944. The maximum Gasteiger partial charge on any atom is 0.490 e. The van der Waals surface area contributed by atoms with Crippen LogP contribution in [0.3, 0.4) is 0 Å². The van der Waals surface area contributed by atoms with Gasteiger partial charge in [0.2, 0.25) is 0 Å². The molecule has 200 valence electrons. The largest absolute Gasteiger partial charge is 0.490 e. The van der Waals surface area contributed by atoms with Gasteiger partial charge < -0.3 is 15.0 Å². The molecule has 11 nitrogen and oxygen atoms in total. The summed E-state index contributed by atoms with van der Waals surface area (Å²) in [5.74, 6) is -2.94. The number of hydrogen-bond donors (Lipinski definition) is 2. The molecule has 1 saturated heterocycles. The zero-order valence-electron chi connectivity index (χ0n) is 20.0. The number of aliphatic carboxylic acids is 1. The van der Waals surface area contributed by atoms with Crippen LogP contribution in [0.1, 0.15) is 24.4 Å². The zero-order valence-corrected chi connectivity index (χ0v) is 20.0. The highest BCUT2D eigenvalue weighted by Gasteiger charge is 2.38. The van der Waals surface area contributed by atoms with Crippen molar-refractivity contribution in [1.82, 2.24) is 29.7 Å². The Hall–Kier alpha value is -5.05. The molecule has 0 bridgehead atoms. The van der Waals surface area contributed by atoms with Crippen LogP contribution in [0.2, 0.25) is 0 Å². The Bertz CT molecular complexity index is 1570. The monoisotopic (exact) mass is 541 g/mol. The summed E-state index contributed by atoms with van der Waals surface area (Å²) in [7, 11) is 0. The van der Waals surface area contributed by atoms with E-state index in [0.717, 1.165) is 28.7 Å². The number of aromatic amines is 1. The molecule has 0 radical (unpaired) electrons. The van der Waals surface area contributed by atoms with Gasteiger partial charge in [-0.15, -0.1) is 0 Å². The second kappa shape index (κ2) is 11.1. The van der Waals surface area contributed by atoms with Crippen LogP contribution in [0.5, 0.6) is 0 Å². The molecule has 4 aromatic heterocycles. The normalized spacial score (nSPS) is 15.7. The van der Waals surface area contributed by atoms with Crippen molar-refractivity contribution in [2.24, 2.45) is 5.92 Å². The van der Waals surface area contributed by atoms with E-state index in [1.807, 2.05) is 34.1 Å². The minimum Gasteiger partial charge on any atom is -0.475 e. The lowest BCUT2D eigenvalue weighted by atomic mass is 9.96. The van der Waals surface area contributed by atoms with Gasteiger partial charge in [0.15, 0.2) is 11.6 Å². The molecule has 5 heterocycles. The molecule has 5 rings (SSSR count). The lowest BCUT2D eigenvalue weighted by Gasteiger charge is -2.23. The number of rotatable bonds is 5. The Labute approximate surface area is 218 Å². The SMILES string of the molecule is N#CC[C@@H]([C@H]1CCN(c2ncc(C#N)cc2F)C1)n1cc(-c2ncnc3[nH]ccc23)cn1.O=C(O)C(F)(F)F. The molecule has 0 saturated carbocycles. The van der Waals surface area contributed by atoms with Gasteiger partial charge in [0.25, 0.3) is 0 Å². The van der Waals surface area contributed by atoms with E-state index in [9.17, 15) is 22.8 Å². The average Bonchev–Trinajstić information content (AvgIpc) is 3.68. The van der Waals surface area contributed by atoms with Crippen molar-refractivity contribution in [2.75, 3.05) is 18.0 Å². The summed E-state index contributed by atoms with van der Waals surface area (Å²) in [6, 6.07) is 7.12. The van der Waals surface area contributed by atoms with E-state index in [4.69, 9.17) is 15.2 Å². The predicted octanol–water partition coefficient (Wildman–Crippen LogP) is 3.84. The molecule has 0 spiro atoms. The first-order valence-corrected chi connectivity index (χ1v) is 11.4. The third-order valence-electron chi connectivity index (χ3n) is 6.13. The molecule has 0 aromatic carbocycles. The van der Waals surface area contributed by atoms with Gasteiger partial charge in [-0.1, -0.05) is 0 Å². The number of carbonyl (C=O) groups is 1. The number of pyridine rings is 1. The van der Waals surface area contributed by atoms with Gasteiger partial charge in [0.1, 0.15) is 18.0 Å². The summed E-state index contributed by atoms with van der Waals surface area (Å²) in [4.78, 5) is 26.6. The highest BCUT2D eigenvalue weighted by molar-refractivity contribution is 5.90. The lowest BCUT2D eigenvalue weighted by molar-refractivity contribution is -0.192. The third-order valence-corrected chi connectivity index (χ3v) is 6.13. The van der Waals surface area contributed by atoms with Crippen molar-refractivity contribution >= 4 is 22.8 Å². The number of nitriles is 2. The highest BCUT2D eigenvalue weighted by Crippen LogP contribution is 2.34. The van der Waals surface area contributed by atoms with Gasteiger partial charge in [-0.05, 0) is 18.6 Å². The molecule has 15 heteroatoms. The Morgan fingerprint density at radius 3 is 2.69 bits per heavy atom. The maximum absolute atomic E-state index is 14.4. The van der Waals surface area contributed by atoms with Crippen LogP contribution in [-0.4, -0.2) is 60.1 Å². The van der Waals surface area contributed by atoms with E-state index in [2.05, 4.69) is 31.1 Å². The van der Waals surface area contributed by atoms with E-state index in [0.29, 0.717) is 13.1 Å². The number of carboxylic acid groups (broad SMARTS) is 1. The Kier molecular flexibility index (Phi) is 7.71. The van der Waals surface area contributed by atoms with Crippen molar-refractivity contribution in [2.45, 2.75) is 25.1 Å². The van der Waals surface area contributed by atoms with Crippen molar-refractivity contribution in [3.8, 4) is 23.4 Å². The molecule has 1 aliphatic heterocycles. The van der Waals surface area contributed by atoms with Gasteiger partial charge >= 0.3 is 12.1 Å². The number of nitrogens with one attached hydrogen (secondary N) is 1. The first-order valence-electron chi connectivity index (χ1n) is 11.4. The fourth-order valence-corrected chi connectivity index (χ4v) is 4.33. The molecule has 2 atom stereocenters. The number of hydrogen-bond acceptors (Lipinski definition) is 8. The van der Waals surface area contributed by atoms with Crippen molar-refractivity contribution in [1.29, 1.82) is 10.5 Å². The van der Waals surface area contributed by atoms with E-state index in [1.165, 1.54) is 18.6 Å². The smallest absolute Gasteiger partial charge is 0.475 e. The van der Waals surface area contributed by atoms with E-state index < -0.39 is 18.0 Å². The van der Waals surface area contributed by atoms with Gasteiger partial charge in [0.05, 0.1) is 36.0 Å². The van der Waals surface area contributed by atoms with Crippen molar-refractivity contribution < 1.29 is 27.5 Å². The second-order valence-electron chi connectivity index (χ2n) is 8.54. The van der Waals surface area contributed by atoms with E-state index in [-0.39, 0.29) is 29.8 Å². The van der Waals surface area contributed by atoms with Gasteiger partial charge in [0, 0.05) is 48.5 Å². The Morgan fingerprint density at radius 2 is 2.03 bits per heavy atom. The lowest BCUT2D eigenvalue weighted by Crippen LogP contribution is -2.26. The third kappa shape index (κ3) is 5.93. The first-order chi connectivity index (χ1) is 18.6. The molecule has 0 aliphatic carbocycles. The predicted molar refractivity (Wildman–Crippen MR) is 127 cm³/mol. The Balaban J connectivity index is 0.000000448. The number of carboxylic acids is 1. The number of nitrogens with zero attached hydrogens (tertiary/aromatic N) is 8. The number of H-pyrrole nitrogens is 1. The maximum atomic E-state index is 14.4. The van der Waals surface area contributed by atoms with Crippen LogP contribution in [0, 0.1) is 34.4 Å². The van der Waals surface area contributed by atoms with Crippen LogP contribution in [0.25, 0.3) is 22.3 Å². The number of anilines is 1. The molecule has 39 heavy (non-hydrogen) atoms. The van der Waals surface area contributed by atoms with Crippen LogP contribution < -0.4 is 4.90 Å². The quantitative estimate of drug-likeness (QED) is 0.358. The summed E-state index contributed by atoms with van der Waals surface area (Å²) in [6.07, 6.45) is 4.32. The topological polar surface area (TPSA) is 160 Å². The standard InChI is InChI=1S/C22H18FN9.C2HF3O2/c23-18-7-14(8-25)9-27-22(18)31-6-3-15(11-31)19(1-4-24)32-12-16(10-30-32)20-17-2-5-26-21(17)29-13-28-20;3-2(4,5)1(6)7/h2,5,7,9-10,12-13,15,19H,1,3,6,11H2,(H,26,28,29);(H,6,7)/t15-,19-;/m0./s1. The number of aromatic nitrogens is 6. The van der Waals surface area contributed by atoms with Crippen molar-refractivity contribution in [3.05, 3.63) is 54.6 Å². The van der Waals surface area contributed by atoms with E-state index >= 15 is 0 Å². The second-order valence-corrected chi connectivity index (χ2v) is 8.54. The molecule has 1 aliphatic rings. The summed E-state index contributed by atoms with van der Waals surface area (Å²) in [5, 5.41) is 30.9. The molecule has 0 amide bonds. The highest BCUT2D eigenvalue weighted by atomic mass is 19.4. The summed E-state index contributed by atoms with van der Waals surface area (Å²) in [6.45, 7) is 1.17. The number of alkyl halides is 3. The fourth-order valence-electron chi connectivity index (χ4n) is 4.33. The summed E-state index contributed by atoms with van der Waals surface area (Å²) in [5.41, 5.74) is 2.55. The molecule has 4 aromatic rings. The van der Waals surface area contributed by atoms with Crippen LogP contribution in [-0.2, 0) is 4.79 Å². The van der Waals surface area contributed by atoms with Crippen LogP contribution >= 0.6 is 0 Å². The molecule has 0 unspecified atom stereocenters.